The van der Waals surface area contributed by atoms with Gasteiger partial charge >= 0.3 is 0 Å². The minimum Gasteiger partial charge on any atom is -0.378 e. The van der Waals surface area contributed by atoms with E-state index in [-0.39, 0.29) is 11.0 Å². The minimum absolute atomic E-state index is 0.0321. The van der Waals surface area contributed by atoms with Crippen molar-refractivity contribution in [1.82, 2.24) is 5.32 Å². The number of nitrogens with one attached hydrogen (secondary N) is 1. The Bertz CT molecular complexity index is 317. The summed E-state index contributed by atoms with van der Waals surface area (Å²) in [4.78, 5) is 22.4. The van der Waals surface area contributed by atoms with Gasteiger partial charge in [0.05, 0.1) is 26.4 Å². The third kappa shape index (κ3) is 19.8. The smallest absolute Gasteiger partial charge is 0.216 e. The topological polar surface area (TPSA) is 64.6 Å². The second-order valence-electron chi connectivity index (χ2n) is 5.44. The van der Waals surface area contributed by atoms with Crippen molar-refractivity contribution < 1.29 is 19.1 Å². The van der Waals surface area contributed by atoms with Crippen LogP contribution in [0.4, 0.5) is 0 Å². The molecule has 0 bridgehead atoms. The highest BCUT2D eigenvalue weighted by molar-refractivity contribution is 8.13. The molecule has 142 valence electrons. The van der Waals surface area contributed by atoms with E-state index in [1.807, 2.05) is 0 Å². The number of thioether (sulfide) groups is 2. The molecule has 0 radical (unpaired) electrons. The van der Waals surface area contributed by atoms with Gasteiger partial charge in [-0.3, -0.25) is 9.59 Å². The molecule has 7 heteroatoms. The zero-order chi connectivity index (χ0) is 17.9. The van der Waals surface area contributed by atoms with Gasteiger partial charge in [-0.15, -0.1) is 0 Å². The molecule has 5 nitrogen and oxygen atoms in total. The highest BCUT2D eigenvalue weighted by atomic mass is 32.2. The van der Waals surface area contributed by atoms with E-state index >= 15 is 0 Å². The van der Waals surface area contributed by atoms with E-state index in [0.29, 0.717) is 26.2 Å². The zero-order valence-electron chi connectivity index (χ0n) is 15.1. The van der Waals surface area contributed by atoms with Gasteiger partial charge in [0.25, 0.3) is 0 Å². The van der Waals surface area contributed by atoms with Crippen LogP contribution in [0, 0.1) is 0 Å². The van der Waals surface area contributed by atoms with Crippen LogP contribution >= 0.6 is 23.5 Å². The first-order valence-electron chi connectivity index (χ1n) is 8.71. The van der Waals surface area contributed by atoms with E-state index in [9.17, 15) is 9.59 Å². The van der Waals surface area contributed by atoms with Crippen LogP contribution in [0.2, 0.25) is 0 Å². The first kappa shape index (κ1) is 23.8. The van der Waals surface area contributed by atoms with Crippen LogP contribution in [0.25, 0.3) is 0 Å². The Morgan fingerprint density at radius 3 is 2.17 bits per heavy atom. The zero-order valence-corrected chi connectivity index (χ0v) is 16.8. The van der Waals surface area contributed by atoms with Crippen LogP contribution in [-0.4, -0.2) is 61.8 Å². The van der Waals surface area contributed by atoms with Crippen molar-refractivity contribution in [2.45, 2.75) is 45.4 Å². The van der Waals surface area contributed by atoms with Crippen molar-refractivity contribution in [2.24, 2.45) is 0 Å². The van der Waals surface area contributed by atoms with E-state index in [1.54, 1.807) is 11.8 Å². The average molecular weight is 380 g/mol. The number of rotatable bonds is 17. The summed E-state index contributed by atoms with van der Waals surface area (Å²) in [7, 11) is 0. The Morgan fingerprint density at radius 2 is 1.50 bits per heavy atom. The number of carbonyl (C=O) groups excluding carboxylic acids is 2. The Balaban J connectivity index is 3.17. The fraction of sp³-hybridized carbons (Fsp3) is 0.882. The Kier molecular flexibility index (Phi) is 18.9. The van der Waals surface area contributed by atoms with Crippen LogP contribution in [-0.2, 0) is 19.1 Å². The highest BCUT2D eigenvalue weighted by Gasteiger charge is 2.02. The molecule has 0 aromatic carbocycles. The van der Waals surface area contributed by atoms with Crippen molar-refractivity contribution in [1.29, 1.82) is 0 Å². The Hall–Kier alpha value is -0.240. The quantitative estimate of drug-likeness (QED) is 0.392. The molecular formula is C17H33NO4S2. The number of unbranched alkanes of at least 4 members (excludes halogenated alkanes) is 4. The summed E-state index contributed by atoms with van der Waals surface area (Å²) in [5, 5.41) is 3.05. The normalized spacial score (nSPS) is 10.8. The maximum atomic E-state index is 11.7. The van der Waals surface area contributed by atoms with Crippen LogP contribution in [0.1, 0.15) is 45.4 Å². The molecule has 0 aromatic rings. The van der Waals surface area contributed by atoms with Crippen molar-refractivity contribution in [3.8, 4) is 0 Å². The van der Waals surface area contributed by atoms with Gasteiger partial charge in [0.1, 0.15) is 0 Å². The van der Waals surface area contributed by atoms with Gasteiger partial charge in [0.15, 0.2) is 5.12 Å². The molecule has 0 aliphatic carbocycles. The SMILES string of the molecule is CSCCOCCOCCSC(=O)CCCCCCCNC(C)=O. The molecule has 24 heavy (non-hydrogen) atoms. The lowest BCUT2D eigenvalue weighted by molar-refractivity contribution is -0.119. The molecule has 0 saturated heterocycles. The second kappa shape index (κ2) is 19.1. The first-order valence-corrected chi connectivity index (χ1v) is 11.1. The van der Waals surface area contributed by atoms with Gasteiger partial charge in [-0.05, 0) is 19.1 Å². The molecule has 0 unspecified atom stereocenters. The van der Waals surface area contributed by atoms with Crippen molar-refractivity contribution >= 4 is 34.5 Å². The molecule has 0 saturated carbocycles. The lowest BCUT2D eigenvalue weighted by Gasteiger charge is -2.05. The third-order valence-corrected chi connectivity index (χ3v) is 4.70. The summed E-state index contributed by atoms with van der Waals surface area (Å²) in [5.74, 6) is 1.77. The van der Waals surface area contributed by atoms with Crippen LogP contribution < -0.4 is 5.32 Å². The Morgan fingerprint density at radius 1 is 0.875 bits per heavy atom. The molecular weight excluding hydrogens is 346 g/mol. The number of hydrogen-bond donors (Lipinski definition) is 1. The largest absolute Gasteiger partial charge is 0.378 e. The summed E-state index contributed by atoms with van der Waals surface area (Å²) in [6.45, 7) is 4.89. The summed E-state index contributed by atoms with van der Waals surface area (Å²) in [6, 6.07) is 0. The molecule has 1 N–H and O–H groups in total. The molecule has 0 fully saturated rings. The van der Waals surface area contributed by atoms with Crippen LogP contribution in [0.15, 0.2) is 0 Å². The van der Waals surface area contributed by atoms with Gasteiger partial charge in [-0.1, -0.05) is 31.0 Å². The molecule has 0 atom stereocenters. The van der Waals surface area contributed by atoms with Gasteiger partial charge in [-0.25, -0.2) is 0 Å². The molecule has 0 heterocycles. The fourth-order valence-corrected chi connectivity index (χ4v) is 2.94. The summed E-state index contributed by atoms with van der Waals surface area (Å²) in [5.41, 5.74) is 0. The van der Waals surface area contributed by atoms with Gasteiger partial charge < -0.3 is 14.8 Å². The predicted molar refractivity (Wildman–Crippen MR) is 104 cm³/mol. The molecule has 1 amide bonds. The number of hydrogen-bond acceptors (Lipinski definition) is 6. The van der Waals surface area contributed by atoms with Crippen molar-refractivity contribution in [2.75, 3.05) is 50.7 Å². The van der Waals surface area contributed by atoms with Gasteiger partial charge in [0.2, 0.25) is 5.91 Å². The monoisotopic (exact) mass is 379 g/mol. The van der Waals surface area contributed by atoms with E-state index in [1.165, 1.54) is 18.7 Å². The van der Waals surface area contributed by atoms with E-state index in [4.69, 9.17) is 9.47 Å². The standard InChI is InChI=1S/C17H33NO4S2/c1-16(19)18-9-7-5-3-4-6-8-17(20)24-15-13-22-11-10-21-12-14-23-2/h3-15H2,1-2H3,(H,18,19). The van der Waals surface area contributed by atoms with Crippen LogP contribution in [0.5, 0.6) is 0 Å². The molecule has 0 rings (SSSR count). The molecule has 0 aromatic heterocycles. The maximum Gasteiger partial charge on any atom is 0.216 e. The molecule has 0 aliphatic heterocycles. The molecule has 0 spiro atoms. The lowest BCUT2D eigenvalue weighted by atomic mass is 10.1. The first-order chi connectivity index (χ1) is 11.7. The number of amides is 1. The predicted octanol–water partition coefficient (Wildman–Crippen LogP) is 3.12. The van der Waals surface area contributed by atoms with E-state index in [0.717, 1.165) is 56.8 Å². The Labute approximate surface area is 155 Å². The number of carbonyl (C=O) groups is 2. The fourth-order valence-electron chi connectivity index (χ4n) is 1.94. The maximum absolute atomic E-state index is 11.7. The van der Waals surface area contributed by atoms with Crippen molar-refractivity contribution in [3.05, 3.63) is 0 Å². The summed E-state index contributed by atoms with van der Waals surface area (Å²) in [6.07, 6.45) is 7.98. The van der Waals surface area contributed by atoms with Crippen molar-refractivity contribution in [3.63, 3.8) is 0 Å². The van der Waals surface area contributed by atoms with E-state index in [2.05, 4.69) is 11.6 Å². The second-order valence-corrected chi connectivity index (χ2v) is 7.58. The summed E-state index contributed by atoms with van der Waals surface area (Å²) < 4.78 is 10.8. The summed E-state index contributed by atoms with van der Waals surface area (Å²) >= 11 is 3.14. The molecule has 0 aliphatic rings. The van der Waals surface area contributed by atoms with E-state index < -0.39 is 0 Å². The number of ether oxygens (including phenoxy) is 2. The lowest BCUT2D eigenvalue weighted by Crippen LogP contribution is -2.20. The van der Waals surface area contributed by atoms with Gasteiger partial charge in [0, 0.05) is 31.4 Å². The highest BCUT2D eigenvalue weighted by Crippen LogP contribution is 2.11. The average Bonchev–Trinajstić information content (AvgIpc) is 2.55. The minimum atomic E-state index is 0.0321. The third-order valence-electron chi connectivity index (χ3n) is 3.23. The van der Waals surface area contributed by atoms with Gasteiger partial charge in [-0.2, -0.15) is 11.8 Å². The van der Waals surface area contributed by atoms with Crippen LogP contribution in [0.3, 0.4) is 0 Å².